The van der Waals surface area contributed by atoms with Crippen LogP contribution in [0.3, 0.4) is 0 Å². The van der Waals surface area contributed by atoms with Gasteiger partial charge < -0.3 is 5.32 Å². The topological polar surface area (TPSA) is 12.0 Å². The van der Waals surface area contributed by atoms with E-state index in [1.807, 2.05) is 19.1 Å². The minimum absolute atomic E-state index is 0.311. The van der Waals surface area contributed by atoms with Gasteiger partial charge in [-0.3, -0.25) is 0 Å². The molecular weight excluding hydrogens is 220 g/mol. The molecular formula is C11H14ClF2N. The lowest BCUT2D eigenvalue weighted by molar-refractivity contribution is 0.0224. The van der Waals surface area contributed by atoms with Crippen molar-refractivity contribution in [1.29, 1.82) is 0 Å². The second kappa shape index (κ2) is 4.90. The fourth-order valence-electron chi connectivity index (χ4n) is 1.24. The maximum absolute atomic E-state index is 12.5. The molecule has 0 saturated carbocycles. The first-order valence-corrected chi connectivity index (χ1v) is 5.10. The Kier molecular flexibility index (Phi) is 4.05. The van der Waals surface area contributed by atoms with Crippen LogP contribution in [0, 0.1) is 6.92 Å². The molecule has 1 aromatic rings. The van der Waals surface area contributed by atoms with Crippen molar-refractivity contribution >= 4 is 11.6 Å². The van der Waals surface area contributed by atoms with Crippen LogP contribution in [0.25, 0.3) is 0 Å². The molecule has 15 heavy (non-hydrogen) atoms. The van der Waals surface area contributed by atoms with E-state index in [4.69, 9.17) is 11.6 Å². The molecule has 0 aromatic heterocycles. The van der Waals surface area contributed by atoms with Gasteiger partial charge in [0.2, 0.25) is 0 Å². The third-order valence-electron chi connectivity index (χ3n) is 1.99. The molecule has 0 heterocycles. The Labute approximate surface area is 93.4 Å². The Bertz CT molecular complexity index is 334. The smallest absolute Gasteiger partial charge is 0.257 e. The third kappa shape index (κ3) is 4.58. The number of hydrogen-bond donors (Lipinski definition) is 1. The van der Waals surface area contributed by atoms with E-state index in [1.165, 1.54) is 0 Å². The predicted molar refractivity (Wildman–Crippen MR) is 58.5 cm³/mol. The SMILES string of the molecule is Cc1cc(CNCC(C)(F)F)ccc1Cl. The zero-order valence-electron chi connectivity index (χ0n) is 8.78. The number of alkyl halides is 2. The first-order valence-electron chi connectivity index (χ1n) is 4.72. The van der Waals surface area contributed by atoms with Gasteiger partial charge in [-0.25, -0.2) is 8.78 Å². The lowest BCUT2D eigenvalue weighted by Crippen LogP contribution is -2.29. The maximum atomic E-state index is 12.5. The van der Waals surface area contributed by atoms with Gasteiger partial charge in [0.25, 0.3) is 5.92 Å². The van der Waals surface area contributed by atoms with Crippen LogP contribution in [0.5, 0.6) is 0 Å². The molecule has 0 unspecified atom stereocenters. The monoisotopic (exact) mass is 233 g/mol. The van der Waals surface area contributed by atoms with Gasteiger partial charge >= 0.3 is 0 Å². The second-order valence-electron chi connectivity index (χ2n) is 3.76. The van der Waals surface area contributed by atoms with E-state index in [0.29, 0.717) is 11.6 Å². The molecule has 1 aromatic carbocycles. The number of aryl methyl sites for hydroxylation is 1. The highest BCUT2D eigenvalue weighted by molar-refractivity contribution is 6.31. The van der Waals surface area contributed by atoms with E-state index < -0.39 is 5.92 Å². The Balaban J connectivity index is 2.48. The van der Waals surface area contributed by atoms with Crippen LogP contribution in [0.1, 0.15) is 18.1 Å². The van der Waals surface area contributed by atoms with Gasteiger partial charge in [-0.05, 0) is 24.1 Å². The molecule has 0 radical (unpaired) electrons. The molecule has 4 heteroatoms. The van der Waals surface area contributed by atoms with Crippen molar-refractivity contribution in [2.75, 3.05) is 6.54 Å². The summed E-state index contributed by atoms with van der Waals surface area (Å²) in [6.07, 6.45) is 0. The normalized spacial score (nSPS) is 11.8. The molecule has 0 aliphatic rings. The molecule has 0 fully saturated rings. The largest absolute Gasteiger partial charge is 0.307 e. The van der Waals surface area contributed by atoms with Crippen molar-refractivity contribution in [2.45, 2.75) is 26.3 Å². The molecule has 0 bridgehead atoms. The Hall–Kier alpha value is -0.670. The second-order valence-corrected chi connectivity index (χ2v) is 4.16. The first-order chi connectivity index (χ1) is 6.88. The maximum Gasteiger partial charge on any atom is 0.257 e. The third-order valence-corrected chi connectivity index (χ3v) is 2.41. The van der Waals surface area contributed by atoms with Crippen LogP contribution in [0.15, 0.2) is 18.2 Å². The van der Waals surface area contributed by atoms with Crippen molar-refractivity contribution in [2.24, 2.45) is 0 Å². The fourth-order valence-corrected chi connectivity index (χ4v) is 1.36. The number of rotatable bonds is 4. The Morgan fingerprint density at radius 1 is 1.40 bits per heavy atom. The van der Waals surface area contributed by atoms with Crippen LogP contribution >= 0.6 is 11.6 Å². The molecule has 0 spiro atoms. The van der Waals surface area contributed by atoms with Gasteiger partial charge in [-0.15, -0.1) is 0 Å². The van der Waals surface area contributed by atoms with Crippen LogP contribution in [0.4, 0.5) is 8.78 Å². The summed E-state index contributed by atoms with van der Waals surface area (Å²) in [5.41, 5.74) is 1.92. The molecule has 1 rings (SSSR count). The Morgan fingerprint density at radius 2 is 2.07 bits per heavy atom. The molecule has 0 amide bonds. The van der Waals surface area contributed by atoms with Gasteiger partial charge in [0, 0.05) is 18.5 Å². The van der Waals surface area contributed by atoms with Crippen LogP contribution < -0.4 is 5.32 Å². The summed E-state index contributed by atoms with van der Waals surface area (Å²) >= 11 is 5.85. The van der Waals surface area contributed by atoms with Crippen LogP contribution in [0.2, 0.25) is 5.02 Å². The molecule has 0 saturated heterocycles. The summed E-state index contributed by atoms with van der Waals surface area (Å²) in [6, 6.07) is 5.50. The molecule has 0 aliphatic carbocycles. The van der Waals surface area contributed by atoms with Gasteiger partial charge in [0.15, 0.2) is 0 Å². The van der Waals surface area contributed by atoms with Gasteiger partial charge in [-0.2, -0.15) is 0 Å². The van der Waals surface area contributed by atoms with Gasteiger partial charge in [-0.1, -0.05) is 23.7 Å². The zero-order valence-corrected chi connectivity index (χ0v) is 9.54. The van der Waals surface area contributed by atoms with E-state index in [0.717, 1.165) is 18.1 Å². The predicted octanol–water partition coefficient (Wildman–Crippen LogP) is 3.39. The molecule has 84 valence electrons. The zero-order chi connectivity index (χ0) is 11.5. The van der Waals surface area contributed by atoms with Crippen molar-refractivity contribution in [3.63, 3.8) is 0 Å². The highest BCUT2D eigenvalue weighted by atomic mass is 35.5. The standard InChI is InChI=1S/C11H14ClF2N/c1-8-5-9(3-4-10(8)12)6-15-7-11(2,13)14/h3-5,15H,6-7H2,1-2H3. The average Bonchev–Trinajstić information content (AvgIpc) is 2.09. The summed E-state index contributed by atoms with van der Waals surface area (Å²) in [6.45, 7) is 2.91. The minimum atomic E-state index is -2.67. The number of hydrogen-bond acceptors (Lipinski definition) is 1. The molecule has 1 N–H and O–H groups in total. The Morgan fingerprint density at radius 3 is 2.60 bits per heavy atom. The lowest BCUT2D eigenvalue weighted by atomic mass is 10.1. The van der Waals surface area contributed by atoms with Gasteiger partial charge in [0.05, 0.1) is 6.54 Å². The highest BCUT2D eigenvalue weighted by Gasteiger charge is 2.19. The fraction of sp³-hybridized carbons (Fsp3) is 0.455. The van der Waals surface area contributed by atoms with Crippen LogP contribution in [-0.2, 0) is 6.54 Å². The lowest BCUT2D eigenvalue weighted by Gasteiger charge is -2.11. The summed E-state index contributed by atoms with van der Waals surface area (Å²) in [5, 5.41) is 3.39. The van der Waals surface area contributed by atoms with Gasteiger partial charge in [0.1, 0.15) is 0 Å². The minimum Gasteiger partial charge on any atom is -0.307 e. The van der Waals surface area contributed by atoms with E-state index >= 15 is 0 Å². The quantitative estimate of drug-likeness (QED) is 0.841. The van der Waals surface area contributed by atoms with Crippen LogP contribution in [-0.4, -0.2) is 12.5 Å². The number of benzene rings is 1. The van der Waals surface area contributed by atoms with Crippen molar-refractivity contribution in [1.82, 2.24) is 5.32 Å². The van der Waals surface area contributed by atoms with Crippen molar-refractivity contribution in [3.8, 4) is 0 Å². The van der Waals surface area contributed by atoms with Crippen molar-refractivity contribution < 1.29 is 8.78 Å². The molecule has 0 atom stereocenters. The molecule has 1 nitrogen and oxygen atoms in total. The number of nitrogens with one attached hydrogen (secondary N) is 1. The highest BCUT2D eigenvalue weighted by Crippen LogP contribution is 2.16. The molecule has 0 aliphatic heterocycles. The van der Waals surface area contributed by atoms with Crippen molar-refractivity contribution in [3.05, 3.63) is 34.3 Å². The summed E-state index contributed by atoms with van der Waals surface area (Å²) in [4.78, 5) is 0. The summed E-state index contributed by atoms with van der Waals surface area (Å²) in [5.74, 6) is -2.67. The van der Waals surface area contributed by atoms with E-state index in [1.54, 1.807) is 6.07 Å². The van der Waals surface area contributed by atoms with E-state index in [9.17, 15) is 8.78 Å². The number of halogens is 3. The van der Waals surface area contributed by atoms with E-state index in [-0.39, 0.29) is 6.54 Å². The average molecular weight is 234 g/mol. The summed E-state index contributed by atoms with van der Waals surface area (Å²) in [7, 11) is 0. The van der Waals surface area contributed by atoms with E-state index in [2.05, 4.69) is 5.32 Å². The summed E-state index contributed by atoms with van der Waals surface area (Å²) < 4.78 is 25.0. The first kappa shape index (κ1) is 12.4.